The first kappa shape index (κ1) is 19.3. The van der Waals surface area contributed by atoms with Gasteiger partial charge < -0.3 is 24.8 Å². The summed E-state index contributed by atoms with van der Waals surface area (Å²) < 4.78 is 11.1. The summed E-state index contributed by atoms with van der Waals surface area (Å²) in [4.78, 5) is 14.4. The number of carbonyl (C=O) groups excluding carboxylic acids is 1. The smallest absolute Gasteiger partial charge is 0.251 e. The van der Waals surface area contributed by atoms with Crippen LogP contribution in [-0.4, -0.2) is 73.6 Å². The number of carbonyl (C=O) groups is 1. The molecule has 0 aliphatic carbocycles. The molecule has 1 aromatic rings. The van der Waals surface area contributed by atoms with Crippen molar-refractivity contribution in [2.75, 3.05) is 39.5 Å². The molecule has 2 saturated heterocycles. The number of rotatable bonds is 8. The van der Waals surface area contributed by atoms with Crippen LogP contribution in [0.15, 0.2) is 30.3 Å². The van der Waals surface area contributed by atoms with E-state index in [1.165, 1.54) is 0 Å². The summed E-state index contributed by atoms with van der Waals surface area (Å²) in [6.45, 7) is 4.12. The van der Waals surface area contributed by atoms with Gasteiger partial charge in [0.05, 0.1) is 25.4 Å². The van der Waals surface area contributed by atoms with E-state index in [1.807, 2.05) is 30.3 Å². The molecular formula is C20H30N2O4. The number of piperidine rings is 1. The highest BCUT2D eigenvalue weighted by molar-refractivity contribution is 5.94. The molecule has 1 amide bonds. The number of nitrogens with zero attached hydrogens (tertiary/aromatic N) is 1. The second kappa shape index (κ2) is 10.0. The molecule has 1 aromatic carbocycles. The molecule has 2 fully saturated rings. The molecule has 6 nitrogen and oxygen atoms in total. The van der Waals surface area contributed by atoms with E-state index in [1.54, 1.807) is 0 Å². The molecule has 0 bridgehead atoms. The van der Waals surface area contributed by atoms with Gasteiger partial charge in [0.2, 0.25) is 0 Å². The SMILES string of the molecule is O=C(NC1CCN(C[C@@H](O)COC[C@@H]2CCCO2)CC1)c1ccccc1. The number of hydrogen-bond acceptors (Lipinski definition) is 5. The molecule has 2 heterocycles. The molecule has 0 aromatic heterocycles. The summed E-state index contributed by atoms with van der Waals surface area (Å²) >= 11 is 0. The second-order valence-corrected chi connectivity index (χ2v) is 7.24. The van der Waals surface area contributed by atoms with Gasteiger partial charge >= 0.3 is 0 Å². The van der Waals surface area contributed by atoms with Crippen molar-refractivity contribution < 1.29 is 19.4 Å². The van der Waals surface area contributed by atoms with Crippen molar-refractivity contribution in [3.63, 3.8) is 0 Å². The summed E-state index contributed by atoms with van der Waals surface area (Å²) in [5, 5.41) is 13.3. The minimum Gasteiger partial charge on any atom is -0.389 e. The maximum atomic E-state index is 12.2. The molecule has 0 spiro atoms. The Labute approximate surface area is 155 Å². The first-order valence-electron chi connectivity index (χ1n) is 9.66. The van der Waals surface area contributed by atoms with Crippen molar-refractivity contribution in [3.8, 4) is 0 Å². The summed E-state index contributed by atoms with van der Waals surface area (Å²) in [5.74, 6) is -0.00776. The van der Waals surface area contributed by atoms with E-state index >= 15 is 0 Å². The van der Waals surface area contributed by atoms with Gasteiger partial charge in [0.25, 0.3) is 5.91 Å². The van der Waals surface area contributed by atoms with Gasteiger partial charge in [-0.2, -0.15) is 0 Å². The maximum Gasteiger partial charge on any atom is 0.251 e. The number of aliphatic hydroxyl groups excluding tert-OH is 1. The number of hydrogen-bond donors (Lipinski definition) is 2. The topological polar surface area (TPSA) is 71.0 Å². The van der Waals surface area contributed by atoms with Gasteiger partial charge in [-0.3, -0.25) is 4.79 Å². The predicted molar refractivity (Wildman–Crippen MR) is 99.2 cm³/mol. The highest BCUT2D eigenvalue weighted by Crippen LogP contribution is 2.13. The number of amides is 1. The highest BCUT2D eigenvalue weighted by atomic mass is 16.5. The molecule has 2 atom stereocenters. The average Bonchev–Trinajstić information content (AvgIpc) is 3.17. The van der Waals surface area contributed by atoms with E-state index < -0.39 is 6.10 Å². The van der Waals surface area contributed by atoms with Gasteiger partial charge in [0.1, 0.15) is 0 Å². The highest BCUT2D eigenvalue weighted by Gasteiger charge is 2.23. The van der Waals surface area contributed by atoms with Crippen molar-refractivity contribution in [1.29, 1.82) is 0 Å². The lowest BCUT2D eigenvalue weighted by Crippen LogP contribution is -2.47. The van der Waals surface area contributed by atoms with Crippen LogP contribution < -0.4 is 5.32 Å². The van der Waals surface area contributed by atoms with E-state index in [0.717, 1.165) is 45.4 Å². The zero-order valence-corrected chi connectivity index (χ0v) is 15.3. The van der Waals surface area contributed by atoms with Gasteiger partial charge in [0.15, 0.2) is 0 Å². The molecule has 3 rings (SSSR count). The Morgan fingerprint density at radius 1 is 1.27 bits per heavy atom. The van der Waals surface area contributed by atoms with E-state index in [9.17, 15) is 9.90 Å². The Balaban J connectivity index is 1.30. The van der Waals surface area contributed by atoms with Crippen molar-refractivity contribution >= 4 is 5.91 Å². The lowest BCUT2D eigenvalue weighted by Gasteiger charge is -2.33. The van der Waals surface area contributed by atoms with Crippen molar-refractivity contribution in [2.45, 2.75) is 43.9 Å². The van der Waals surface area contributed by atoms with Crippen LogP contribution >= 0.6 is 0 Å². The van der Waals surface area contributed by atoms with Crippen LogP contribution in [0.4, 0.5) is 0 Å². The maximum absolute atomic E-state index is 12.2. The van der Waals surface area contributed by atoms with Gasteiger partial charge in [-0.25, -0.2) is 0 Å². The lowest BCUT2D eigenvalue weighted by atomic mass is 10.0. The first-order valence-corrected chi connectivity index (χ1v) is 9.66. The Hall–Kier alpha value is -1.47. The third kappa shape index (κ3) is 6.06. The Kier molecular flexibility index (Phi) is 7.43. The molecule has 2 N–H and O–H groups in total. The summed E-state index contributed by atoms with van der Waals surface area (Å²) in [6, 6.07) is 9.52. The molecule has 0 unspecified atom stereocenters. The number of ether oxygens (including phenoxy) is 2. The standard InChI is InChI=1S/C20H30N2O4/c23-18(14-25-15-19-7-4-12-26-19)13-22-10-8-17(9-11-22)21-20(24)16-5-2-1-3-6-16/h1-3,5-6,17-19,23H,4,7-15H2,(H,21,24)/t18-,19+/m1/s1. The number of β-amino-alcohol motifs (C(OH)–C–C–N with tert-alkyl or cyclic N) is 1. The lowest BCUT2D eigenvalue weighted by molar-refractivity contribution is -0.0268. The quantitative estimate of drug-likeness (QED) is 0.732. The molecule has 0 saturated carbocycles. The van der Waals surface area contributed by atoms with Crippen LogP contribution in [0.1, 0.15) is 36.0 Å². The van der Waals surface area contributed by atoms with Crippen LogP contribution in [0.5, 0.6) is 0 Å². The van der Waals surface area contributed by atoms with Crippen LogP contribution in [0.25, 0.3) is 0 Å². The third-order valence-electron chi connectivity index (χ3n) is 5.07. The molecular weight excluding hydrogens is 332 g/mol. The Morgan fingerprint density at radius 2 is 2.04 bits per heavy atom. The molecule has 26 heavy (non-hydrogen) atoms. The normalized spacial score (nSPS) is 23.0. The molecule has 2 aliphatic heterocycles. The second-order valence-electron chi connectivity index (χ2n) is 7.24. The molecule has 0 radical (unpaired) electrons. The predicted octanol–water partition coefficient (Wildman–Crippen LogP) is 1.44. The Morgan fingerprint density at radius 3 is 2.73 bits per heavy atom. The van der Waals surface area contributed by atoms with Crippen LogP contribution in [-0.2, 0) is 9.47 Å². The number of likely N-dealkylation sites (tertiary alicyclic amines) is 1. The minimum atomic E-state index is -0.480. The van der Waals surface area contributed by atoms with Gasteiger partial charge in [-0.15, -0.1) is 0 Å². The fourth-order valence-corrected chi connectivity index (χ4v) is 3.58. The van der Waals surface area contributed by atoms with Crippen LogP contribution in [0.2, 0.25) is 0 Å². The van der Waals surface area contributed by atoms with Gasteiger partial charge in [-0.05, 0) is 37.8 Å². The van der Waals surface area contributed by atoms with Gasteiger partial charge in [0, 0.05) is 37.8 Å². The fourth-order valence-electron chi connectivity index (χ4n) is 3.58. The number of nitrogens with one attached hydrogen (secondary N) is 1. The van der Waals surface area contributed by atoms with Crippen LogP contribution in [0, 0.1) is 0 Å². The first-order chi connectivity index (χ1) is 12.7. The summed E-state index contributed by atoms with van der Waals surface area (Å²) in [5.41, 5.74) is 0.703. The van der Waals surface area contributed by atoms with E-state index in [0.29, 0.717) is 25.3 Å². The van der Waals surface area contributed by atoms with E-state index in [4.69, 9.17) is 9.47 Å². The van der Waals surface area contributed by atoms with Crippen molar-refractivity contribution in [2.24, 2.45) is 0 Å². The van der Waals surface area contributed by atoms with E-state index in [-0.39, 0.29) is 18.1 Å². The van der Waals surface area contributed by atoms with E-state index in [2.05, 4.69) is 10.2 Å². The number of aliphatic hydroxyl groups is 1. The largest absolute Gasteiger partial charge is 0.389 e. The Bertz CT molecular complexity index is 540. The fraction of sp³-hybridized carbons (Fsp3) is 0.650. The summed E-state index contributed by atoms with van der Waals surface area (Å²) in [7, 11) is 0. The monoisotopic (exact) mass is 362 g/mol. The zero-order valence-electron chi connectivity index (χ0n) is 15.3. The van der Waals surface area contributed by atoms with Crippen molar-refractivity contribution in [1.82, 2.24) is 10.2 Å². The molecule has 144 valence electrons. The van der Waals surface area contributed by atoms with Crippen LogP contribution in [0.3, 0.4) is 0 Å². The third-order valence-corrected chi connectivity index (χ3v) is 5.07. The average molecular weight is 362 g/mol. The minimum absolute atomic E-state index is 0.00776. The summed E-state index contributed by atoms with van der Waals surface area (Å²) in [6.07, 6.45) is 3.69. The van der Waals surface area contributed by atoms with Crippen molar-refractivity contribution in [3.05, 3.63) is 35.9 Å². The molecule has 2 aliphatic rings. The number of benzene rings is 1. The zero-order chi connectivity index (χ0) is 18.2. The van der Waals surface area contributed by atoms with Gasteiger partial charge in [-0.1, -0.05) is 18.2 Å². The molecule has 6 heteroatoms.